The lowest BCUT2D eigenvalue weighted by Gasteiger charge is -2.22. The van der Waals surface area contributed by atoms with Crippen LogP contribution in [0.25, 0.3) is 10.9 Å². The van der Waals surface area contributed by atoms with Gasteiger partial charge in [-0.2, -0.15) is 0 Å². The molecule has 0 aliphatic heterocycles. The van der Waals surface area contributed by atoms with E-state index in [9.17, 15) is 14.3 Å². The highest BCUT2D eigenvalue weighted by Gasteiger charge is 2.25. The minimum Gasteiger partial charge on any atom is -0.505 e. The van der Waals surface area contributed by atoms with E-state index in [1.807, 2.05) is 6.07 Å². The van der Waals surface area contributed by atoms with Gasteiger partial charge in [0, 0.05) is 22.7 Å². The van der Waals surface area contributed by atoms with Crippen molar-refractivity contribution < 1.29 is 19.0 Å². The van der Waals surface area contributed by atoms with Gasteiger partial charge in [0.15, 0.2) is 6.61 Å². The number of hydrogen-bond acceptors (Lipinski definition) is 4. The summed E-state index contributed by atoms with van der Waals surface area (Å²) in [6.07, 6.45) is 1.52. The fraction of sp³-hybridized carbons (Fsp3) is 0.0833. The van der Waals surface area contributed by atoms with Gasteiger partial charge in [-0.3, -0.25) is 9.78 Å². The second kappa shape index (κ2) is 9.02. The first-order valence-electron chi connectivity index (χ1n) is 9.52. The van der Waals surface area contributed by atoms with Crippen molar-refractivity contribution in [1.82, 2.24) is 10.3 Å². The Morgan fingerprint density at radius 2 is 1.81 bits per heavy atom. The van der Waals surface area contributed by atoms with E-state index in [1.54, 1.807) is 48.5 Å². The number of pyridine rings is 1. The van der Waals surface area contributed by atoms with Crippen molar-refractivity contribution >= 4 is 28.4 Å². The summed E-state index contributed by atoms with van der Waals surface area (Å²) in [5.74, 6) is -0.680. The highest BCUT2D eigenvalue weighted by molar-refractivity contribution is 6.35. The number of phenols is 1. The van der Waals surface area contributed by atoms with E-state index in [4.69, 9.17) is 16.3 Å². The van der Waals surface area contributed by atoms with E-state index < -0.39 is 17.8 Å². The first kappa shape index (κ1) is 20.6. The largest absolute Gasteiger partial charge is 0.505 e. The zero-order chi connectivity index (χ0) is 21.8. The second-order valence-electron chi connectivity index (χ2n) is 6.82. The number of nitrogens with one attached hydrogen (secondary N) is 1. The number of carbonyl (C=O) groups is 1. The first-order chi connectivity index (χ1) is 15.0. The van der Waals surface area contributed by atoms with Crippen molar-refractivity contribution in [3.8, 4) is 11.5 Å². The maximum atomic E-state index is 14.7. The molecular weight excluding hydrogens is 419 g/mol. The molecule has 0 fully saturated rings. The van der Waals surface area contributed by atoms with Crippen LogP contribution in [-0.2, 0) is 4.79 Å². The van der Waals surface area contributed by atoms with Gasteiger partial charge < -0.3 is 15.2 Å². The van der Waals surface area contributed by atoms with E-state index in [1.165, 1.54) is 24.4 Å². The number of hydrogen-bond donors (Lipinski definition) is 2. The van der Waals surface area contributed by atoms with Crippen LogP contribution in [-0.4, -0.2) is 22.6 Å². The van der Waals surface area contributed by atoms with Crippen LogP contribution >= 0.6 is 11.6 Å². The fourth-order valence-electron chi connectivity index (χ4n) is 3.33. The molecule has 4 rings (SSSR count). The van der Waals surface area contributed by atoms with Gasteiger partial charge in [0.05, 0.1) is 11.1 Å². The molecule has 0 saturated heterocycles. The topological polar surface area (TPSA) is 71.5 Å². The minimum atomic E-state index is -1.00. The standard InChI is InChI=1S/C24H18ClFN2O3/c25-19-13-18(24(30)23-16(19)10-6-12-27-23)22(17-9-4-5-11-20(17)26)28-21(29)14-31-15-7-2-1-3-8-15/h1-13,22,30H,14H2,(H,28,29). The number of phenolic OH excluding ortho intramolecular Hbond substituents is 1. The van der Waals surface area contributed by atoms with Crippen LogP contribution < -0.4 is 10.1 Å². The normalized spacial score (nSPS) is 11.8. The molecule has 1 heterocycles. The summed E-state index contributed by atoms with van der Waals surface area (Å²) in [7, 11) is 0. The van der Waals surface area contributed by atoms with E-state index in [2.05, 4.69) is 10.3 Å². The molecule has 0 aliphatic rings. The molecule has 1 atom stereocenters. The lowest BCUT2D eigenvalue weighted by molar-refractivity contribution is -0.123. The Bertz CT molecular complexity index is 1230. The molecule has 0 bridgehead atoms. The molecule has 1 unspecified atom stereocenters. The Balaban J connectivity index is 1.71. The summed E-state index contributed by atoms with van der Waals surface area (Å²) in [5, 5.41) is 14.5. The number of aromatic hydroxyl groups is 1. The van der Waals surface area contributed by atoms with Gasteiger partial charge in [0.1, 0.15) is 22.8 Å². The number of carbonyl (C=O) groups excluding carboxylic acids is 1. The average Bonchev–Trinajstić information content (AvgIpc) is 2.80. The van der Waals surface area contributed by atoms with Gasteiger partial charge in [-0.05, 0) is 36.4 Å². The Hall–Kier alpha value is -3.64. The van der Waals surface area contributed by atoms with Gasteiger partial charge in [0.25, 0.3) is 5.91 Å². The van der Waals surface area contributed by atoms with Crippen LogP contribution in [0.3, 0.4) is 0 Å². The maximum Gasteiger partial charge on any atom is 0.258 e. The van der Waals surface area contributed by atoms with Gasteiger partial charge in [-0.25, -0.2) is 4.39 Å². The zero-order valence-electron chi connectivity index (χ0n) is 16.3. The summed E-state index contributed by atoms with van der Waals surface area (Å²) < 4.78 is 20.1. The van der Waals surface area contributed by atoms with E-state index in [0.29, 0.717) is 16.2 Å². The highest BCUT2D eigenvalue weighted by Crippen LogP contribution is 2.38. The van der Waals surface area contributed by atoms with E-state index >= 15 is 0 Å². The quantitative estimate of drug-likeness (QED) is 0.445. The van der Waals surface area contributed by atoms with Crippen LogP contribution in [0.5, 0.6) is 11.5 Å². The molecule has 0 spiro atoms. The monoisotopic (exact) mass is 436 g/mol. The highest BCUT2D eigenvalue weighted by atomic mass is 35.5. The molecule has 0 radical (unpaired) electrons. The molecule has 1 aromatic heterocycles. The van der Waals surface area contributed by atoms with Crippen molar-refractivity contribution in [2.24, 2.45) is 0 Å². The SMILES string of the molecule is O=C(COc1ccccc1)NC(c1ccccc1F)c1cc(Cl)c2cccnc2c1O. The van der Waals surface area contributed by atoms with Crippen LogP contribution in [0, 0.1) is 5.82 Å². The van der Waals surface area contributed by atoms with Gasteiger partial charge in [0.2, 0.25) is 0 Å². The van der Waals surface area contributed by atoms with Crippen molar-refractivity contribution in [1.29, 1.82) is 0 Å². The van der Waals surface area contributed by atoms with Crippen molar-refractivity contribution in [2.75, 3.05) is 6.61 Å². The van der Waals surface area contributed by atoms with Crippen molar-refractivity contribution in [2.45, 2.75) is 6.04 Å². The van der Waals surface area contributed by atoms with Crippen molar-refractivity contribution in [3.05, 3.63) is 101 Å². The van der Waals surface area contributed by atoms with Gasteiger partial charge in [-0.15, -0.1) is 0 Å². The Kier molecular flexibility index (Phi) is 6.00. The number of benzene rings is 3. The molecule has 156 valence electrons. The fourth-order valence-corrected chi connectivity index (χ4v) is 3.60. The molecule has 1 amide bonds. The third-order valence-corrected chi connectivity index (χ3v) is 5.10. The molecule has 0 aliphatic carbocycles. The smallest absolute Gasteiger partial charge is 0.258 e. The number of fused-ring (bicyclic) bond motifs is 1. The molecule has 0 saturated carbocycles. The predicted molar refractivity (Wildman–Crippen MR) is 117 cm³/mol. The van der Waals surface area contributed by atoms with E-state index in [-0.39, 0.29) is 29.0 Å². The first-order valence-corrected chi connectivity index (χ1v) is 9.90. The Labute approximate surface area is 183 Å². The molecule has 5 nitrogen and oxygen atoms in total. The molecular formula is C24H18ClFN2O3. The summed E-state index contributed by atoms with van der Waals surface area (Å²) in [4.78, 5) is 16.8. The van der Waals surface area contributed by atoms with E-state index in [0.717, 1.165) is 0 Å². The lowest BCUT2D eigenvalue weighted by atomic mass is 9.95. The third kappa shape index (κ3) is 4.44. The van der Waals surface area contributed by atoms with Crippen molar-refractivity contribution in [3.63, 3.8) is 0 Å². The van der Waals surface area contributed by atoms with Crippen LogP contribution in [0.1, 0.15) is 17.2 Å². The second-order valence-corrected chi connectivity index (χ2v) is 7.23. The molecule has 2 N–H and O–H groups in total. The number of nitrogens with zero attached hydrogens (tertiary/aromatic N) is 1. The average molecular weight is 437 g/mol. The molecule has 3 aromatic carbocycles. The Morgan fingerprint density at radius 3 is 2.58 bits per heavy atom. The summed E-state index contributed by atoms with van der Waals surface area (Å²) in [5.41, 5.74) is 0.674. The number of halogens is 2. The zero-order valence-corrected chi connectivity index (χ0v) is 17.0. The third-order valence-electron chi connectivity index (χ3n) is 4.79. The Morgan fingerprint density at radius 1 is 1.06 bits per heavy atom. The van der Waals surface area contributed by atoms with Crippen LogP contribution in [0.2, 0.25) is 5.02 Å². The number of aromatic nitrogens is 1. The molecule has 7 heteroatoms. The minimum absolute atomic E-state index is 0.178. The van der Waals surface area contributed by atoms with Crippen LogP contribution in [0.15, 0.2) is 79.0 Å². The molecule has 31 heavy (non-hydrogen) atoms. The summed E-state index contributed by atoms with van der Waals surface area (Å²) in [6, 6.07) is 18.8. The number of rotatable bonds is 6. The number of ether oxygens (including phenoxy) is 1. The van der Waals surface area contributed by atoms with Gasteiger partial charge >= 0.3 is 0 Å². The summed E-state index contributed by atoms with van der Waals surface area (Å²) >= 11 is 6.40. The van der Waals surface area contributed by atoms with Gasteiger partial charge in [-0.1, -0.05) is 48.0 Å². The number of para-hydroxylation sites is 1. The summed E-state index contributed by atoms with van der Waals surface area (Å²) in [6.45, 7) is -0.282. The van der Waals surface area contributed by atoms with Crippen LogP contribution in [0.4, 0.5) is 4.39 Å². The number of amides is 1. The lowest BCUT2D eigenvalue weighted by Crippen LogP contribution is -2.33. The predicted octanol–water partition coefficient (Wildman–Crippen LogP) is 5.02. The molecule has 4 aromatic rings. The maximum absolute atomic E-state index is 14.7.